The summed E-state index contributed by atoms with van der Waals surface area (Å²) >= 11 is 1.71. The first kappa shape index (κ1) is 15.5. The number of anilines is 2. The highest BCUT2D eigenvalue weighted by atomic mass is 32.1. The largest absolute Gasteiger partial charge is 0.490 e. The standard InChI is InChI=1S/C14H21N5OS/c1-4-6-15-13-12(20-3)14(19-9-18-13)17-8-11-16-7-10(5-2)21-11/h7,9H,4-6,8H2,1-3H3,(H2,15,17,18,19). The minimum atomic E-state index is 0.630. The van der Waals surface area contributed by atoms with E-state index < -0.39 is 0 Å². The molecule has 0 atom stereocenters. The van der Waals surface area contributed by atoms with Crippen LogP contribution in [0.1, 0.15) is 30.2 Å². The van der Waals surface area contributed by atoms with Crippen LogP contribution in [0.5, 0.6) is 5.75 Å². The highest BCUT2D eigenvalue weighted by Crippen LogP contribution is 2.29. The molecular weight excluding hydrogens is 286 g/mol. The Morgan fingerprint density at radius 3 is 2.52 bits per heavy atom. The van der Waals surface area contributed by atoms with Crippen molar-refractivity contribution in [2.24, 2.45) is 0 Å². The Bertz CT molecular complexity index is 572. The molecule has 0 saturated heterocycles. The number of ether oxygens (including phenoxy) is 1. The maximum Gasteiger partial charge on any atom is 0.204 e. The van der Waals surface area contributed by atoms with Gasteiger partial charge in [-0.05, 0) is 12.8 Å². The van der Waals surface area contributed by atoms with Crippen LogP contribution in [0.15, 0.2) is 12.5 Å². The predicted molar refractivity (Wildman–Crippen MR) is 86.2 cm³/mol. The molecule has 0 aliphatic rings. The fourth-order valence-electron chi connectivity index (χ4n) is 1.81. The second-order valence-electron chi connectivity index (χ2n) is 4.46. The van der Waals surface area contributed by atoms with Crippen LogP contribution in [0.2, 0.25) is 0 Å². The van der Waals surface area contributed by atoms with E-state index in [0.29, 0.717) is 23.9 Å². The first-order valence-corrected chi connectivity index (χ1v) is 7.90. The van der Waals surface area contributed by atoms with Crippen molar-refractivity contribution in [3.05, 3.63) is 22.4 Å². The molecule has 2 heterocycles. The van der Waals surface area contributed by atoms with Crippen LogP contribution in [-0.2, 0) is 13.0 Å². The summed E-state index contributed by atoms with van der Waals surface area (Å²) in [5.74, 6) is 2.03. The summed E-state index contributed by atoms with van der Waals surface area (Å²) in [7, 11) is 1.62. The fourth-order valence-corrected chi connectivity index (χ4v) is 2.62. The van der Waals surface area contributed by atoms with Gasteiger partial charge in [0.2, 0.25) is 5.75 Å². The molecule has 6 nitrogen and oxygen atoms in total. The maximum atomic E-state index is 5.42. The van der Waals surface area contributed by atoms with Crippen molar-refractivity contribution in [1.29, 1.82) is 0 Å². The molecule has 0 spiro atoms. The van der Waals surface area contributed by atoms with Gasteiger partial charge < -0.3 is 15.4 Å². The molecule has 7 heteroatoms. The Hall–Kier alpha value is -1.89. The SMILES string of the molecule is CCCNc1ncnc(NCc2ncc(CC)s2)c1OC. The van der Waals surface area contributed by atoms with E-state index in [0.717, 1.165) is 24.4 Å². The van der Waals surface area contributed by atoms with Gasteiger partial charge in [0.1, 0.15) is 11.3 Å². The van der Waals surface area contributed by atoms with Gasteiger partial charge >= 0.3 is 0 Å². The monoisotopic (exact) mass is 307 g/mol. The average Bonchev–Trinajstić information content (AvgIpc) is 2.98. The summed E-state index contributed by atoms with van der Waals surface area (Å²) in [6, 6.07) is 0. The molecule has 0 unspecified atom stereocenters. The molecule has 0 saturated carbocycles. The number of nitrogens with one attached hydrogen (secondary N) is 2. The van der Waals surface area contributed by atoms with E-state index in [4.69, 9.17) is 4.74 Å². The zero-order valence-corrected chi connectivity index (χ0v) is 13.5. The first-order valence-electron chi connectivity index (χ1n) is 7.08. The van der Waals surface area contributed by atoms with Crippen molar-refractivity contribution < 1.29 is 4.74 Å². The maximum absolute atomic E-state index is 5.42. The third-order valence-corrected chi connectivity index (χ3v) is 4.05. The van der Waals surface area contributed by atoms with E-state index in [1.807, 2.05) is 6.20 Å². The van der Waals surface area contributed by atoms with E-state index in [2.05, 4.69) is 39.4 Å². The minimum absolute atomic E-state index is 0.630. The lowest BCUT2D eigenvalue weighted by Gasteiger charge is -2.13. The quantitative estimate of drug-likeness (QED) is 0.781. The van der Waals surface area contributed by atoms with Crippen LogP contribution in [0.3, 0.4) is 0 Å². The highest BCUT2D eigenvalue weighted by molar-refractivity contribution is 7.11. The Balaban J connectivity index is 2.08. The lowest BCUT2D eigenvalue weighted by Crippen LogP contribution is -2.08. The van der Waals surface area contributed by atoms with Crippen LogP contribution in [0.25, 0.3) is 0 Å². The van der Waals surface area contributed by atoms with Gasteiger partial charge in [-0.15, -0.1) is 11.3 Å². The van der Waals surface area contributed by atoms with Crippen LogP contribution in [-0.4, -0.2) is 28.6 Å². The molecule has 0 fully saturated rings. The van der Waals surface area contributed by atoms with E-state index in [-0.39, 0.29) is 0 Å². The topological polar surface area (TPSA) is 72.0 Å². The summed E-state index contributed by atoms with van der Waals surface area (Å²) in [5.41, 5.74) is 0. The molecule has 2 aromatic heterocycles. The van der Waals surface area contributed by atoms with E-state index in [1.54, 1.807) is 18.4 Å². The minimum Gasteiger partial charge on any atom is -0.490 e. The van der Waals surface area contributed by atoms with Gasteiger partial charge in [0.05, 0.1) is 13.7 Å². The molecule has 0 bridgehead atoms. The van der Waals surface area contributed by atoms with Gasteiger partial charge in [-0.25, -0.2) is 15.0 Å². The van der Waals surface area contributed by atoms with Crippen molar-refractivity contribution in [2.45, 2.75) is 33.2 Å². The molecule has 2 rings (SSSR count). The molecule has 0 aliphatic heterocycles. The number of hydrogen-bond acceptors (Lipinski definition) is 7. The normalized spacial score (nSPS) is 10.4. The molecule has 21 heavy (non-hydrogen) atoms. The summed E-state index contributed by atoms with van der Waals surface area (Å²) < 4.78 is 5.42. The van der Waals surface area contributed by atoms with Crippen molar-refractivity contribution in [1.82, 2.24) is 15.0 Å². The number of thiazole rings is 1. The van der Waals surface area contributed by atoms with Gasteiger partial charge in [0.15, 0.2) is 11.6 Å². The number of aryl methyl sites for hydroxylation is 1. The molecule has 0 aromatic carbocycles. The first-order chi connectivity index (χ1) is 10.3. The summed E-state index contributed by atoms with van der Waals surface area (Å²) in [6.45, 7) is 5.71. The van der Waals surface area contributed by atoms with E-state index in [9.17, 15) is 0 Å². The number of aromatic nitrogens is 3. The van der Waals surface area contributed by atoms with E-state index >= 15 is 0 Å². The molecule has 2 aromatic rings. The summed E-state index contributed by atoms with van der Waals surface area (Å²) in [6.07, 6.45) is 5.49. The van der Waals surface area contributed by atoms with Crippen molar-refractivity contribution in [3.8, 4) is 5.75 Å². The van der Waals surface area contributed by atoms with Crippen molar-refractivity contribution in [3.63, 3.8) is 0 Å². The Morgan fingerprint density at radius 2 is 1.90 bits per heavy atom. The fraction of sp³-hybridized carbons (Fsp3) is 0.500. The molecule has 0 amide bonds. The predicted octanol–water partition coefficient (Wildman–Crippen LogP) is 2.94. The van der Waals surface area contributed by atoms with Gasteiger partial charge in [-0.2, -0.15) is 0 Å². The van der Waals surface area contributed by atoms with Crippen LogP contribution < -0.4 is 15.4 Å². The van der Waals surface area contributed by atoms with Crippen LogP contribution in [0, 0.1) is 0 Å². The molecule has 2 N–H and O–H groups in total. The number of rotatable bonds is 8. The van der Waals surface area contributed by atoms with Gasteiger partial charge in [0.25, 0.3) is 0 Å². The van der Waals surface area contributed by atoms with Crippen molar-refractivity contribution in [2.75, 3.05) is 24.3 Å². The lowest BCUT2D eigenvalue weighted by molar-refractivity contribution is 0.414. The zero-order chi connectivity index (χ0) is 15.1. The highest BCUT2D eigenvalue weighted by Gasteiger charge is 2.12. The van der Waals surface area contributed by atoms with Crippen LogP contribution in [0.4, 0.5) is 11.6 Å². The van der Waals surface area contributed by atoms with E-state index in [1.165, 1.54) is 11.2 Å². The molecule has 0 radical (unpaired) electrons. The summed E-state index contributed by atoms with van der Waals surface area (Å²) in [4.78, 5) is 14.1. The number of nitrogens with zero attached hydrogens (tertiary/aromatic N) is 3. The number of methoxy groups -OCH3 is 1. The average molecular weight is 307 g/mol. The zero-order valence-electron chi connectivity index (χ0n) is 12.6. The summed E-state index contributed by atoms with van der Waals surface area (Å²) in [5, 5.41) is 7.54. The second kappa shape index (κ2) is 7.78. The smallest absolute Gasteiger partial charge is 0.204 e. The van der Waals surface area contributed by atoms with Gasteiger partial charge in [-0.3, -0.25) is 0 Å². The second-order valence-corrected chi connectivity index (χ2v) is 5.66. The van der Waals surface area contributed by atoms with Crippen molar-refractivity contribution >= 4 is 23.0 Å². The molecule has 0 aliphatic carbocycles. The molecule has 114 valence electrons. The third-order valence-electron chi connectivity index (χ3n) is 2.91. The van der Waals surface area contributed by atoms with Gasteiger partial charge in [0, 0.05) is 17.6 Å². The van der Waals surface area contributed by atoms with Crippen LogP contribution >= 0.6 is 11.3 Å². The lowest BCUT2D eigenvalue weighted by atomic mass is 10.4. The third kappa shape index (κ3) is 4.04. The Morgan fingerprint density at radius 1 is 1.14 bits per heavy atom. The van der Waals surface area contributed by atoms with Gasteiger partial charge in [-0.1, -0.05) is 13.8 Å². The number of hydrogen-bond donors (Lipinski definition) is 2. The Kier molecular flexibility index (Phi) is 5.74. The molecular formula is C14H21N5OS. The Labute approximate surface area is 129 Å².